The van der Waals surface area contributed by atoms with Crippen LogP contribution in [-0.2, 0) is 23.7 Å². The predicted octanol–water partition coefficient (Wildman–Crippen LogP) is 2.36. The zero-order chi connectivity index (χ0) is 19.2. The third kappa shape index (κ3) is 4.84. The van der Waals surface area contributed by atoms with Gasteiger partial charge in [-0.15, -0.1) is 23.5 Å². The van der Waals surface area contributed by atoms with Gasteiger partial charge < -0.3 is 24.3 Å². The van der Waals surface area contributed by atoms with Crippen molar-refractivity contribution < 1.29 is 25.1 Å². The molecule has 0 aromatic heterocycles. The Balaban J connectivity index is 1.88. The van der Waals surface area contributed by atoms with Crippen molar-refractivity contribution in [2.75, 3.05) is 18.1 Å². The molecule has 3 saturated heterocycles. The fourth-order valence-corrected chi connectivity index (χ4v) is 6.10. The van der Waals surface area contributed by atoms with Crippen LogP contribution in [-0.4, -0.2) is 64.5 Å². The first-order valence-electron chi connectivity index (χ1n) is 9.24. The van der Waals surface area contributed by atoms with Gasteiger partial charge in [-0.25, -0.2) is 0 Å². The number of amides is 1. The molecule has 25 heavy (non-hydrogen) atoms. The Morgan fingerprint density at radius 1 is 1.16 bits per heavy atom. The van der Waals surface area contributed by atoms with Crippen LogP contribution >= 0.6 is 23.5 Å². The maximum atomic E-state index is 11.9. The van der Waals surface area contributed by atoms with Crippen molar-refractivity contribution in [3.05, 3.63) is 0 Å². The molecule has 0 aliphatic carbocycles. The quantitative estimate of drug-likeness (QED) is 0.788. The van der Waals surface area contributed by atoms with Gasteiger partial charge in [0.25, 0.3) is 0 Å². The van der Waals surface area contributed by atoms with Gasteiger partial charge in [0.15, 0.2) is 11.6 Å². The van der Waals surface area contributed by atoms with Gasteiger partial charge in [-0.2, -0.15) is 0 Å². The number of hydrogen-bond donors (Lipinski definition) is 1. The zero-order valence-electron chi connectivity index (χ0n) is 16.5. The molecule has 3 heterocycles. The number of carbonyl (C=O) groups is 1. The van der Waals surface area contributed by atoms with Crippen LogP contribution in [0.25, 0.3) is 0 Å². The second kappa shape index (κ2) is 7.56. The number of thioether (sulfide) groups is 2. The summed E-state index contributed by atoms with van der Waals surface area (Å²) in [5.41, 5.74) is 0. The molecule has 0 spiro atoms. The lowest BCUT2D eigenvalue weighted by molar-refractivity contribution is -0.174. The van der Waals surface area contributed by atoms with Crippen LogP contribution in [0.1, 0.15) is 42.4 Å². The third-order valence-corrected chi connectivity index (χ3v) is 7.05. The van der Waals surface area contributed by atoms with Gasteiger partial charge in [0.05, 0.1) is 18.6 Å². The smallest absolute Gasteiger partial charge is 0.217 e. The van der Waals surface area contributed by atoms with Gasteiger partial charge >= 0.3 is 0 Å². The summed E-state index contributed by atoms with van der Waals surface area (Å²) >= 11 is 3.11. The molecule has 0 radical (unpaired) electrons. The van der Waals surface area contributed by atoms with E-state index in [4.69, 9.17) is 20.3 Å². The molecule has 0 aromatic carbocycles. The minimum absolute atomic E-state index is 0.177. The van der Waals surface area contributed by atoms with Gasteiger partial charge in [-0.1, -0.05) is 0 Å². The highest BCUT2D eigenvalue weighted by atomic mass is 32.2. The van der Waals surface area contributed by atoms with E-state index >= 15 is 0 Å². The van der Waals surface area contributed by atoms with E-state index in [0.717, 1.165) is 17.9 Å². The molecule has 144 valence electrons. The molecule has 3 fully saturated rings. The Hall–Kier alpha value is 0.01000. The lowest BCUT2D eigenvalue weighted by Gasteiger charge is -2.35. The van der Waals surface area contributed by atoms with Crippen LogP contribution < -0.4 is 5.32 Å². The fourth-order valence-electron chi connectivity index (χ4n) is 3.36. The molecule has 0 aromatic rings. The van der Waals surface area contributed by atoms with Gasteiger partial charge in [0.1, 0.15) is 18.3 Å². The fraction of sp³-hybridized carbons (Fsp3) is 0.941. The normalized spacial score (nSPS) is 38.1. The van der Waals surface area contributed by atoms with Crippen molar-refractivity contribution in [1.82, 2.24) is 5.32 Å². The standard InChI is InChI=1S/C17H29NO5S2/c1-10(19)18-12(15-24-7-6-8-25-15)14-13(22-17(4,5)23-14)11-9-20-16(2,3)21-11/h11-15H,6-9H2,1-5H3,(H,18,19)/t11-,12-,13-,14-/m1/s1/i15D. The Labute approximate surface area is 159 Å². The van der Waals surface area contributed by atoms with E-state index in [9.17, 15) is 4.79 Å². The number of ether oxygens (including phenoxy) is 4. The molecule has 0 bridgehead atoms. The summed E-state index contributed by atoms with van der Waals surface area (Å²) in [7, 11) is 0. The predicted molar refractivity (Wildman–Crippen MR) is 99.7 cm³/mol. The van der Waals surface area contributed by atoms with E-state index in [1.807, 2.05) is 27.7 Å². The summed E-state index contributed by atoms with van der Waals surface area (Å²) < 4.78 is 32.2. The lowest BCUT2D eigenvalue weighted by Crippen LogP contribution is -2.55. The van der Waals surface area contributed by atoms with Crippen LogP contribution in [0.2, 0.25) is 0 Å². The average Bonchev–Trinajstić information content (AvgIpc) is 3.04. The van der Waals surface area contributed by atoms with E-state index in [0.29, 0.717) is 6.61 Å². The first-order chi connectivity index (χ1) is 12.0. The van der Waals surface area contributed by atoms with E-state index in [-0.39, 0.29) is 12.0 Å². The Kier molecular flexibility index (Phi) is 5.56. The summed E-state index contributed by atoms with van der Waals surface area (Å²) in [5, 5.41) is 2.97. The van der Waals surface area contributed by atoms with Gasteiger partial charge in [-0.05, 0) is 45.6 Å². The molecule has 8 heteroatoms. The molecule has 0 unspecified atom stereocenters. The molecule has 1 amide bonds. The molecular weight excluding hydrogens is 362 g/mol. The monoisotopic (exact) mass is 392 g/mol. The van der Waals surface area contributed by atoms with Crippen LogP contribution in [0.15, 0.2) is 0 Å². The lowest BCUT2D eigenvalue weighted by atomic mass is 10.0. The number of carbonyl (C=O) groups excluding carboxylic acids is 1. The minimum atomic E-state index is -0.925. The summed E-state index contributed by atoms with van der Waals surface area (Å²) in [5.74, 6) is 0.114. The van der Waals surface area contributed by atoms with Crippen molar-refractivity contribution in [1.29, 1.82) is 0 Å². The SMILES string of the molecule is [2H]C1([C@H](NC(C)=O)[C@H]2OC(C)(C)O[C@@H]2[C@H]2COC(C)(C)O2)SCCCS1. The first-order valence-corrected chi connectivity index (χ1v) is 10.7. The van der Waals surface area contributed by atoms with E-state index < -0.39 is 34.4 Å². The van der Waals surface area contributed by atoms with E-state index in [1.165, 1.54) is 6.92 Å². The van der Waals surface area contributed by atoms with Gasteiger partial charge in [0, 0.05) is 6.92 Å². The van der Waals surface area contributed by atoms with Crippen LogP contribution in [0.3, 0.4) is 0 Å². The van der Waals surface area contributed by atoms with Crippen molar-refractivity contribution in [2.45, 2.75) is 81.5 Å². The maximum absolute atomic E-state index is 11.9. The van der Waals surface area contributed by atoms with Crippen LogP contribution in [0.4, 0.5) is 0 Å². The molecular formula is C17H29NO5S2. The van der Waals surface area contributed by atoms with E-state index in [2.05, 4.69) is 5.32 Å². The van der Waals surface area contributed by atoms with Crippen LogP contribution in [0.5, 0.6) is 0 Å². The number of nitrogens with one attached hydrogen (secondary N) is 1. The molecule has 6 nitrogen and oxygen atoms in total. The van der Waals surface area contributed by atoms with E-state index in [1.54, 1.807) is 23.5 Å². The summed E-state index contributed by atoms with van der Waals surface area (Å²) in [6, 6.07) is -0.519. The Morgan fingerprint density at radius 2 is 1.84 bits per heavy atom. The minimum Gasteiger partial charge on any atom is -0.349 e. The summed E-state index contributed by atoms with van der Waals surface area (Å²) in [6.07, 6.45) is -0.163. The molecule has 3 aliphatic rings. The maximum Gasteiger partial charge on any atom is 0.217 e. The molecule has 1 N–H and O–H groups in total. The highest BCUT2D eigenvalue weighted by Gasteiger charge is 2.53. The Morgan fingerprint density at radius 3 is 2.40 bits per heavy atom. The Bertz CT molecular complexity index is 541. The molecule has 0 saturated carbocycles. The third-order valence-electron chi connectivity index (χ3n) is 4.28. The van der Waals surface area contributed by atoms with Crippen LogP contribution in [0, 0.1) is 0 Å². The molecule has 3 aliphatic heterocycles. The average molecular weight is 393 g/mol. The topological polar surface area (TPSA) is 66.0 Å². The number of rotatable bonds is 4. The highest BCUT2D eigenvalue weighted by molar-refractivity contribution is 8.17. The highest BCUT2D eigenvalue weighted by Crippen LogP contribution is 2.41. The van der Waals surface area contributed by atoms with Gasteiger partial charge in [-0.3, -0.25) is 4.79 Å². The van der Waals surface area contributed by atoms with Crippen molar-refractivity contribution in [3.63, 3.8) is 0 Å². The largest absolute Gasteiger partial charge is 0.349 e. The molecule has 3 rings (SSSR count). The zero-order valence-corrected chi connectivity index (χ0v) is 17.1. The molecule has 4 atom stereocenters. The van der Waals surface area contributed by atoms with Crippen molar-refractivity contribution in [3.8, 4) is 0 Å². The van der Waals surface area contributed by atoms with Gasteiger partial charge in [0.2, 0.25) is 5.91 Å². The second-order valence-electron chi connectivity index (χ2n) is 7.48. The van der Waals surface area contributed by atoms with Crippen molar-refractivity contribution >= 4 is 29.4 Å². The number of hydrogen-bond acceptors (Lipinski definition) is 7. The summed E-state index contributed by atoms with van der Waals surface area (Å²) in [6.45, 7) is 9.31. The second-order valence-corrected chi connectivity index (χ2v) is 10.0. The van der Waals surface area contributed by atoms with Crippen molar-refractivity contribution in [2.24, 2.45) is 0 Å². The first kappa shape index (κ1) is 18.4. The summed E-state index contributed by atoms with van der Waals surface area (Å²) in [4.78, 5) is 11.9.